The number of pyridine rings is 1. The topological polar surface area (TPSA) is 108 Å². The van der Waals surface area contributed by atoms with Crippen molar-refractivity contribution in [1.82, 2.24) is 25.1 Å². The van der Waals surface area contributed by atoms with Crippen LogP contribution in [0.4, 0.5) is 11.5 Å². The molecule has 9 nitrogen and oxygen atoms in total. The van der Waals surface area contributed by atoms with Crippen molar-refractivity contribution in [3.05, 3.63) is 70.1 Å². The fourth-order valence-corrected chi connectivity index (χ4v) is 5.57. The van der Waals surface area contributed by atoms with Gasteiger partial charge >= 0.3 is 0 Å². The predicted octanol–water partition coefficient (Wildman–Crippen LogP) is 4.32. The molecule has 3 aromatic heterocycles. The third kappa shape index (κ3) is 4.82. The maximum Gasteiger partial charge on any atom is 0.284 e. The van der Waals surface area contributed by atoms with Crippen LogP contribution < -0.4 is 15.4 Å². The lowest BCUT2D eigenvalue weighted by Gasteiger charge is -2.13. The highest BCUT2D eigenvalue weighted by molar-refractivity contribution is 7.13. The molecule has 0 aliphatic carbocycles. The number of nitrogens with one attached hydrogen (secondary N) is 3. The van der Waals surface area contributed by atoms with Gasteiger partial charge in [-0.25, -0.2) is 9.97 Å². The van der Waals surface area contributed by atoms with E-state index in [4.69, 9.17) is 4.74 Å². The van der Waals surface area contributed by atoms with Crippen molar-refractivity contribution in [2.24, 2.45) is 0 Å². The second-order valence-corrected chi connectivity index (χ2v) is 10.2. The summed E-state index contributed by atoms with van der Waals surface area (Å²) in [6.07, 6.45) is 10.6. The number of hydrogen-bond donors (Lipinski definition) is 3. The number of aromatic amines is 1. The van der Waals surface area contributed by atoms with E-state index >= 15 is 0 Å². The van der Waals surface area contributed by atoms with E-state index < -0.39 is 0 Å². The first-order valence-corrected chi connectivity index (χ1v) is 13.0. The monoisotopic (exact) mass is 501 g/mol. The molecule has 10 heteroatoms. The number of thiazole rings is 1. The van der Waals surface area contributed by atoms with Gasteiger partial charge < -0.3 is 15.4 Å². The Kier molecular flexibility index (Phi) is 6.35. The second kappa shape index (κ2) is 10.1. The maximum absolute atomic E-state index is 12.8. The number of likely N-dealkylation sites (tertiary alicyclic amines) is 1. The van der Waals surface area contributed by atoms with Gasteiger partial charge in [-0.1, -0.05) is 12.1 Å². The molecule has 36 heavy (non-hydrogen) atoms. The van der Waals surface area contributed by atoms with Crippen LogP contribution in [-0.2, 0) is 19.5 Å². The number of nitrogens with zero attached hydrogens (tertiary/aromatic N) is 4. The van der Waals surface area contributed by atoms with Crippen molar-refractivity contribution in [3.63, 3.8) is 0 Å². The highest BCUT2D eigenvalue weighted by atomic mass is 32.1. The number of fused-ring (bicyclic) bond motifs is 1. The smallest absolute Gasteiger partial charge is 0.284 e. The van der Waals surface area contributed by atoms with Gasteiger partial charge in [0.2, 0.25) is 0 Å². The fourth-order valence-electron chi connectivity index (χ4n) is 4.72. The number of rotatable bonds is 8. The highest BCUT2D eigenvalue weighted by Crippen LogP contribution is 2.39. The van der Waals surface area contributed by atoms with Crippen molar-refractivity contribution in [2.75, 3.05) is 30.3 Å². The Bertz CT molecular complexity index is 1360. The first kappa shape index (κ1) is 22.7. The molecular weight excluding hydrogens is 474 g/mol. The van der Waals surface area contributed by atoms with Crippen molar-refractivity contribution in [1.29, 1.82) is 0 Å². The third-order valence-corrected chi connectivity index (χ3v) is 7.49. The minimum atomic E-state index is -0.177. The van der Waals surface area contributed by atoms with Crippen LogP contribution in [0.15, 0.2) is 49.1 Å². The quantitative estimate of drug-likeness (QED) is 0.330. The maximum atomic E-state index is 12.8. The zero-order valence-corrected chi connectivity index (χ0v) is 20.6. The standard InChI is InChI=1S/C26H27N7O2S/c34-25(26-29-14-20(36-26)16-33-7-1-2-8-33)32-19-5-3-4-17(10-19)11-27-24-21-6-9-35-23(21)22(15-28-24)18-12-30-31-13-18/h3-5,10,12-15H,1-2,6-9,11,16H2,(H,27,28)(H,30,31)(H,32,34). The lowest BCUT2D eigenvalue weighted by molar-refractivity contribution is 0.102. The van der Waals surface area contributed by atoms with Crippen LogP contribution in [0.2, 0.25) is 0 Å². The summed E-state index contributed by atoms with van der Waals surface area (Å²) < 4.78 is 5.91. The number of amides is 1. The molecule has 2 aliphatic heterocycles. The molecule has 0 radical (unpaired) electrons. The zero-order valence-electron chi connectivity index (χ0n) is 19.8. The molecule has 4 aromatic rings. The van der Waals surface area contributed by atoms with Gasteiger partial charge in [0, 0.05) is 65.4 Å². The molecule has 0 saturated carbocycles. The second-order valence-electron chi connectivity index (χ2n) is 9.04. The molecule has 3 N–H and O–H groups in total. The average Bonchev–Trinajstić information content (AvgIpc) is 3.70. The molecule has 1 aromatic carbocycles. The molecular formula is C26H27N7O2S. The lowest BCUT2D eigenvalue weighted by Crippen LogP contribution is -2.17. The molecule has 6 rings (SSSR count). The third-order valence-electron chi connectivity index (χ3n) is 6.51. The summed E-state index contributed by atoms with van der Waals surface area (Å²) in [5.74, 6) is 1.50. The number of hydrogen-bond acceptors (Lipinski definition) is 8. The number of ether oxygens (including phenoxy) is 1. The van der Waals surface area contributed by atoms with Crippen LogP contribution in [0, 0.1) is 0 Å². The number of anilines is 2. The number of H-pyrrole nitrogens is 1. The lowest BCUT2D eigenvalue weighted by atomic mass is 10.1. The number of benzene rings is 1. The summed E-state index contributed by atoms with van der Waals surface area (Å²) >= 11 is 1.47. The van der Waals surface area contributed by atoms with Crippen LogP contribution in [0.1, 0.15) is 38.6 Å². The van der Waals surface area contributed by atoms with E-state index in [0.29, 0.717) is 18.2 Å². The van der Waals surface area contributed by atoms with Crippen molar-refractivity contribution >= 4 is 28.7 Å². The first-order chi connectivity index (χ1) is 17.7. The highest BCUT2D eigenvalue weighted by Gasteiger charge is 2.23. The summed E-state index contributed by atoms with van der Waals surface area (Å²) in [5, 5.41) is 13.8. The minimum absolute atomic E-state index is 0.177. The van der Waals surface area contributed by atoms with E-state index in [1.165, 1.54) is 24.2 Å². The fraction of sp³-hybridized carbons (Fsp3) is 0.308. The van der Waals surface area contributed by atoms with Crippen LogP contribution in [-0.4, -0.2) is 50.7 Å². The molecule has 0 bridgehead atoms. The summed E-state index contributed by atoms with van der Waals surface area (Å²) in [6.45, 7) is 4.34. The van der Waals surface area contributed by atoms with E-state index in [-0.39, 0.29) is 5.91 Å². The predicted molar refractivity (Wildman–Crippen MR) is 139 cm³/mol. The minimum Gasteiger partial charge on any atom is -0.492 e. The van der Waals surface area contributed by atoms with Crippen molar-refractivity contribution in [2.45, 2.75) is 32.4 Å². The van der Waals surface area contributed by atoms with E-state index in [2.05, 4.69) is 35.7 Å². The van der Waals surface area contributed by atoms with Gasteiger partial charge in [0.05, 0.1) is 12.8 Å². The molecule has 0 unspecified atom stereocenters. The van der Waals surface area contributed by atoms with Crippen LogP contribution >= 0.6 is 11.3 Å². The normalized spacial score (nSPS) is 15.0. The van der Waals surface area contributed by atoms with E-state index in [1.54, 1.807) is 6.20 Å². The molecule has 184 valence electrons. The number of carbonyl (C=O) groups excluding carboxylic acids is 1. The molecule has 1 amide bonds. The van der Waals surface area contributed by atoms with Crippen molar-refractivity contribution in [3.8, 4) is 16.9 Å². The summed E-state index contributed by atoms with van der Waals surface area (Å²) in [4.78, 5) is 25.3. The summed E-state index contributed by atoms with van der Waals surface area (Å²) in [7, 11) is 0. The van der Waals surface area contributed by atoms with Gasteiger partial charge in [0.1, 0.15) is 11.6 Å². The summed E-state index contributed by atoms with van der Waals surface area (Å²) in [6, 6.07) is 7.83. The Morgan fingerprint density at radius 3 is 2.94 bits per heavy atom. The zero-order chi connectivity index (χ0) is 24.3. The van der Waals surface area contributed by atoms with Crippen LogP contribution in [0.5, 0.6) is 5.75 Å². The van der Waals surface area contributed by atoms with Gasteiger partial charge in [-0.05, 0) is 43.6 Å². The Hall–Kier alpha value is -3.76. The number of carbonyl (C=O) groups is 1. The van der Waals surface area contributed by atoms with Gasteiger partial charge in [-0.3, -0.25) is 14.8 Å². The Morgan fingerprint density at radius 1 is 1.17 bits per heavy atom. The summed E-state index contributed by atoms with van der Waals surface area (Å²) in [5.41, 5.74) is 4.76. The molecule has 0 spiro atoms. The van der Waals surface area contributed by atoms with E-state index in [0.717, 1.165) is 70.4 Å². The molecule has 2 aliphatic rings. The van der Waals surface area contributed by atoms with Crippen LogP contribution in [0.3, 0.4) is 0 Å². The van der Waals surface area contributed by atoms with E-state index in [1.807, 2.05) is 42.9 Å². The average molecular weight is 502 g/mol. The largest absolute Gasteiger partial charge is 0.492 e. The van der Waals surface area contributed by atoms with Gasteiger partial charge in [-0.15, -0.1) is 11.3 Å². The van der Waals surface area contributed by atoms with Crippen LogP contribution in [0.25, 0.3) is 11.1 Å². The molecule has 1 fully saturated rings. The molecule has 0 atom stereocenters. The Morgan fingerprint density at radius 2 is 2.08 bits per heavy atom. The Balaban J connectivity index is 1.10. The Labute approximate surface area is 212 Å². The van der Waals surface area contributed by atoms with Crippen molar-refractivity contribution < 1.29 is 9.53 Å². The van der Waals surface area contributed by atoms with E-state index in [9.17, 15) is 4.79 Å². The molecule has 5 heterocycles. The number of aromatic nitrogens is 4. The first-order valence-electron chi connectivity index (χ1n) is 12.2. The van der Waals surface area contributed by atoms with Gasteiger partial charge in [0.25, 0.3) is 5.91 Å². The van der Waals surface area contributed by atoms with Gasteiger partial charge in [-0.2, -0.15) is 5.10 Å². The SMILES string of the molecule is O=C(Nc1cccc(CNc2ncc(-c3cn[nH]c3)c3c2CCO3)c1)c1ncc(CN2CCCC2)s1. The van der Waals surface area contributed by atoms with Gasteiger partial charge in [0.15, 0.2) is 5.01 Å². The molecule has 1 saturated heterocycles.